The van der Waals surface area contributed by atoms with Crippen LogP contribution in [0.2, 0.25) is 5.02 Å². The largest absolute Gasteiger partial charge is 0.478 e. The van der Waals surface area contributed by atoms with Gasteiger partial charge >= 0.3 is 12.1 Å². The van der Waals surface area contributed by atoms with E-state index in [1.54, 1.807) is 47.3 Å². The molecule has 0 fully saturated rings. The van der Waals surface area contributed by atoms with Crippen molar-refractivity contribution in [2.24, 2.45) is 0 Å². The van der Waals surface area contributed by atoms with E-state index >= 15 is 0 Å². The number of nitrogens with one attached hydrogen (secondary N) is 1. The zero-order valence-electron chi connectivity index (χ0n) is 20.7. The normalized spacial score (nSPS) is 11.5. The Morgan fingerprint density at radius 2 is 1.62 bits per heavy atom. The molecule has 0 aliphatic heterocycles. The molecule has 0 radical (unpaired) electrons. The third-order valence-corrected chi connectivity index (χ3v) is 6.63. The summed E-state index contributed by atoms with van der Waals surface area (Å²) in [7, 11) is 0. The van der Waals surface area contributed by atoms with Gasteiger partial charge in [-0.1, -0.05) is 48.0 Å². The maximum atomic E-state index is 13.5. The zero-order valence-corrected chi connectivity index (χ0v) is 21.5. The summed E-state index contributed by atoms with van der Waals surface area (Å²) in [5.74, 6) is -1.47. The fourth-order valence-electron chi connectivity index (χ4n) is 4.40. The van der Waals surface area contributed by atoms with Crippen LogP contribution in [0.25, 0.3) is 22.0 Å². The molecular formula is C30H21ClF3N3O3. The molecule has 0 spiro atoms. The van der Waals surface area contributed by atoms with E-state index in [0.717, 1.165) is 17.7 Å². The minimum absolute atomic E-state index is 0.131. The number of hydrogen-bond donors (Lipinski definition) is 2. The number of hydrogen-bond acceptors (Lipinski definition) is 3. The molecule has 202 valence electrons. The van der Waals surface area contributed by atoms with Gasteiger partial charge in [-0.05, 0) is 70.8 Å². The Balaban J connectivity index is 1.52. The number of aromatic carboxylic acids is 1. The maximum Gasteiger partial charge on any atom is 0.416 e. The van der Waals surface area contributed by atoms with Gasteiger partial charge in [-0.2, -0.15) is 18.3 Å². The number of carbonyl (C=O) groups excluding carboxylic acids is 1. The summed E-state index contributed by atoms with van der Waals surface area (Å²) < 4.78 is 41.0. The lowest BCUT2D eigenvalue weighted by Gasteiger charge is -2.13. The predicted octanol–water partition coefficient (Wildman–Crippen LogP) is 7.05. The molecule has 0 saturated carbocycles. The SMILES string of the molecule is O=C(O)c1ccc(CNC(=O)c2cc(-c3ccc(C(F)(F)F)cc3)cc3cnn(Cc4cccc(Cl)c4)c23)cc1. The number of rotatable bonds is 7. The number of alkyl halides is 3. The van der Waals surface area contributed by atoms with Gasteiger partial charge in [0.05, 0.1) is 34.9 Å². The highest BCUT2D eigenvalue weighted by atomic mass is 35.5. The van der Waals surface area contributed by atoms with Crippen molar-refractivity contribution >= 4 is 34.4 Å². The van der Waals surface area contributed by atoms with Gasteiger partial charge in [0.25, 0.3) is 5.91 Å². The second-order valence-corrected chi connectivity index (χ2v) is 9.59. The van der Waals surface area contributed by atoms with Crippen molar-refractivity contribution in [1.82, 2.24) is 15.1 Å². The topological polar surface area (TPSA) is 84.2 Å². The van der Waals surface area contributed by atoms with Crippen molar-refractivity contribution in [3.05, 3.63) is 124 Å². The molecule has 0 atom stereocenters. The molecule has 40 heavy (non-hydrogen) atoms. The smallest absolute Gasteiger partial charge is 0.416 e. The molecule has 2 N–H and O–H groups in total. The van der Waals surface area contributed by atoms with Gasteiger partial charge in [0, 0.05) is 17.0 Å². The molecular weight excluding hydrogens is 543 g/mol. The summed E-state index contributed by atoms with van der Waals surface area (Å²) in [6.45, 7) is 0.466. The average Bonchev–Trinajstić information content (AvgIpc) is 3.33. The Labute approximate surface area is 231 Å². The molecule has 0 unspecified atom stereocenters. The molecule has 6 nitrogen and oxygen atoms in total. The second-order valence-electron chi connectivity index (χ2n) is 9.15. The Hall–Kier alpha value is -4.63. The van der Waals surface area contributed by atoms with Crippen LogP contribution in [-0.2, 0) is 19.3 Å². The van der Waals surface area contributed by atoms with Crippen LogP contribution in [0.3, 0.4) is 0 Å². The number of fused-ring (bicyclic) bond motifs is 1. The van der Waals surface area contributed by atoms with Crippen molar-refractivity contribution in [3.63, 3.8) is 0 Å². The molecule has 0 aliphatic carbocycles. The number of aromatic nitrogens is 2. The number of halogens is 4. The first-order chi connectivity index (χ1) is 19.1. The van der Waals surface area contributed by atoms with Gasteiger partial charge in [-0.15, -0.1) is 0 Å². The lowest BCUT2D eigenvalue weighted by atomic mass is 9.98. The molecule has 5 rings (SSSR count). The number of carbonyl (C=O) groups is 2. The number of nitrogens with zero attached hydrogens (tertiary/aromatic N) is 2. The molecule has 1 aromatic heterocycles. The molecule has 0 saturated heterocycles. The molecule has 0 aliphatic rings. The quantitative estimate of drug-likeness (QED) is 0.222. The monoisotopic (exact) mass is 563 g/mol. The minimum atomic E-state index is -4.46. The predicted molar refractivity (Wildman–Crippen MR) is 145 cm³/mol. The summed E-state index contributed by atoms with van der Waals surface area (Å²) in [5, 5.41) is 17.6. The van der Waals surface area contributed by atoms with Crippen LogP contribution < -0.4 is 5.32 Å². The van der Waals surface area contributed by atoms with Gasteiger partial charge < -0.3 is 10.4 Å². The van der Waals surface area contributed by atoms with Crippen LogP contribution in [0.4, 0.5) is 13.2 Å². The van der Waals surface area contributed by atoms with E-state index in [4.69, 9.17) is 16.7 Å². The highest BCUT2D eigenvalue weighted by Gasteiger charge is 2.30. The number of benzene rings is 4. The lowest BCUT2D eigenvalue weighted by Crippen LogP contribution is -2.24. The first-order valence-electron chi connectivity index (χ1n) is 12.1. The summed E-state index contributed by atoms with van der Waals surface area (Å²) in [4.78, 5) is 24.6. The average molecular weight is 564 g/mol. The van der Waals surface area contributed by atoms with E-state index in [2.05, 4.69) is 10.4 Å². The summed E-state index contributed by atoms with van der Waals surface area (Å²) in [5.41, 5.74) is 2.83. The van der Waals surface area contributed by atoms with Gasteiger partial charge in [0.15, 0.2) is 0 Å². The van der Waals surface area contributed by atoms with Crippen molar-refractivity contribution in [1.29, 1.82) is 0 Å². The van der Waals surface area contributed by atoms with Crippen LogP contribution in [-0.4, -0.2) is 26.8 Å². The molecule has 0 bridgehead atoms. The summed E-state index contributed by atoms with van der Waals surface area (Å²) in [6.07, 6.45) is -2.85. The van der Waals surface area contributed by atoms with Gasteiger partial charge in [0.1, 0.15) is 0 Å². The Kier molecular flexibility index (Phi) is 7.32. The van der Waals surface area contributed by atoms with E-state index in [1.165, 1.54) is 24.3 Å². The van der Waals surface area contributed by atoms with Crippen LogP contribution in [0.1, 0.15) is 37.4 Å². The van der Waals surface area contributed by atoms with Crippen molar-refractivity contribution in [2.75, 3.05) is 0 Å². The van der Waals surface area contributed by atoms with Crippen molar-refractivity contribution in [2.45, 2.75) is 19.3 Å². The van der Waals surface area contributed by atoms with Crippen LogP contribution in [0, 0.1) is 0 Å². The lowest BCUT2D eigenvalue weighted by molar-refractivity contribution is -0.137. The highest BCUT2D eigenvalue weighted by Crippen LogP contribution is 2.33. The first-order valence-corrected chi connectivity index (χ1v) is 12.5. The third kappa shape index (κ3) is 5.84. The zero-order chi connectivity index (χ0) is 28.4. The Morgan fingerprint density at radius 3 is 2.27 bits per heavy atom. The van der Waals surface area contributed by atoms with Crippen molar-refractivity contribution < 1.29 is 27.9 Å². The first kappa shape index (κ1) is 27.0. The van der Waals surface area contributed by atoms with E-state index in [0.29, 0.717) is 39.2 Å². The third-order valence-electron chi connectivity index (χ3n) is 6.40. The Morgan fingerprint density at radius 1 is 0.900 bits per heavy atom. The van der Waals surface area contributed by atoms with E-state index in [-0.39, 0.29) is 17.7 Å². The summed E-state index contributed by atoms with van der Waals surface area (Å²) in [6, 6.07) is 21.5. The van der Waals surface area contributed by atoms with E-state index in [9.17, 15) is 22.8 Å². The minimum Gasteiger partial charge on any atom is -0.478 e. The molecule has 1 heterocycles. The van der Waals surface area contributed by atoms with Gasteiger partial charge in [0.2, 0.25) is 0 Å². The molecule has 5 aromatic rings. The number of amides is 1. The molecule has 10 heteroatoms. The highest BCUT2D eigenvalue weighted by molar-refractivity contribution is 6.30. The summed E-state index contributed by atoms with van der Waals surface area (Å²) >= 11 is 6.14. The number of carboxylic acids is 1. The molecule has 1 amide bonds. The van der Waals surface area contributed by atoms with Crippen LogP contribution >= 0.6 is 11.6 Å². The van der Waals surface area contributed by atoms with E-state index in [1.807, 2.05) is 12.1 Å². The molecule has 4 aromatic carbocycles. The fraction of sp³-hybridized carbons (Fsp3) is 0.100. The van der Waals surface area contributed by atoms with Gasteiger partial charge in [-0.25, -0.2) is 4.79 Å². The van der Waals surface area contributed by atoms with Crippen LogP contribution in [0.5, 0.6) is 0 Å². The van der Waals surface area contributed by atoms with Crippen LogP contribution in [0.15, 0.2) is 91.1 Å². The maximum absolute atomic E-state index is 13.5. The standard InChI is InChI=1S/C30H21ClF3N3O3/c31-25-3-1-2-19(12-25)17-37-27-23(16-36-37)13-22(20-8-10-24(11-9-20)30(32,33)34)14-26(27)28(38)35-15-18-4-6-21(7-5-18)29(39)40/h1-14,16H,15,17H2,(H,35,38)(H,39,40). The van der Waals surface area contributed by atoms with E-state index < -0.39 is 23.6 Å². The second kappa shape index (κ2) is 10.9. The Bertz CT molecular complexity index is 1710. The van der Waals surface area contributed by atoms with Gasteiger partial charge in [-0.3, -0.25) is 9.48 Å². The number of carboxylic acid groups (broad SMARTS) is 1. The fourth-order valence-corrected chi connectivity index (χ4v) is 4.61. The van der Waals surface area contributed by atoms with Crippen molar-refractivity contribution in [3.8, 4) is 11.1 Å².